The molecule has 9 unspecified atom stereocenters. The van der Waals surface area contributed by atoms with Gasteiger partial charge >= 0.3 is 5.97 Å². The molecule has 5 rings (SSSR count). The van der Waals surface area contributed by atoms with Gasteiger partial charge in [0, 0.05) is 0 Å². The largest absolute Gasteiger partial charge is 0.459 e. The van der Waals surface area contributed by atoms with Crippen molar-refractivity contribution < 1.29 is 9.53 Å². The van der Waals surface area contributed by atoms with Crippen molar-refractivity contribution in [2.24, 2.45) is 46.3 Å². The molecule has 1 aromatic carbocycles. The number of allylic oxidation sites excluding steroid dienone is 2. The van der Waals surface area contributed by atoms with Crippen molar-refractivity contribution >= 4 is 5.97 Å². The number of fused-ring (bicyclic) bond motifs is 5. The van der Waals surface area contributed by atoms with Crippen LogP contribution in [0.1, 0.15) is 127 Å². The highest BCUT2D eigenvalue weighted by Crippen LogP contribution is 2.68. The van der Waals surface area contributed by atoms with Crippen molar-refractivity contribution in [3.8, 4) is 0 Å². The summed E-state index contributed by atoms with van der Waals surface area (Å²) >= 11 is 0. The monoisotopic (exact) mass is 518 g/mol. The highest BCUT2D eigenvalue weighted by Gasteiger charge is 2.60. The highest BCUT2D eigenvalue weighted by atomic mass is 16.5. The molecule has 1 aromatic rings. The predicted octanol–water partition coefficient (Wildman–Crippen LogP) is 9.87. The number of rotatable bonds is 6. The summed E-state index contributed by atoms with van der Waals surface area (Å²) in [4.78, 5) is 13.0. The van der Waals surface area contributed by atoms with Crippen molar-refractivity contribution in [3.05, 3.63) is 46.5 Å². The molecule has 4 saturated carbocycles. The second-order valence-corrected chi connectivity index (χ2v) is 14.9. The molecule has 0 heterocycles. The summed E-state index contributed by atoms with van der Waals surface area (Å²) < 4.78 is 6.15. The standard InChI is InChI=1S/C36H54O2/c1-23(2)9-8-10-26(5)31-13-14-32-30-12-11-28-22-29(38-34(37)27-20-24(3)19-25(4)21-27)15-17-35(28,6)33(30)16-18-36(31,32)7/h9,19-21,26,28-33H,8,10-18,22H2,1-7H3. The van der Waals surface area contributed by atoms with E-state index in [9.17, 15) is 4.79 Å². The lowest BCUT2D eigenvalue weighted by atomic mass is 9.44. The lowest BCUT2D eigenvalue weighted by molar-refractivity contribution is -0.130. The van der Waals surface area contributed by atoms with Crippen molar-refractivity contribution in [1.82, 2.24) is 0 Å². The molecule has 9 atom stereocenters. The van der Waals surface area contributed by atoms with E-state index >= 15 is 0 Å². The molecule has 210 valence electrons. The third kappa shape index (κ3) is 5.15. The van der Waals surface area contributed by atoms with Crippen LogP contribution in [0.4, 0.5) is 0 Å². The SMILES string of the molecule is CC(C)=CCCC(C)C1CCC2C3CCC4CC(OC(=O)c5cc(C)cc(C)c5)CCC4(C)C3CCC12C. The van der Waals surface area contributed by atoms with E-state index in [4.69, 9.17) is 4.74 Å². The third-order valence-electron chi connectivity index (χ3n) is 12.3. The minimum atomic E-state index is -0.122. The van der Waals surface area contributed by atoms with Crippen molar-refractivity contribution in [1.29, 1.82) is 0 Å². The fourth-order valence-electron chi connectivity index (χ4n) is 10.4. The summed E-state index contributed by atoms with van der Waals surface area (Å²) in [6.45, 7) is 16.5. The number of carbonyl (C=O) groups is 1. The van der Waals surface area contributed by atoms with Gasteiger partial charge in [0.25, 0.3) is 0 Å². The molecule has 4 aliphatic carbocycles. The maximum atomic E-state index is 13.0. The zero-order chi connectivity index (χ0) is 27.2. The van der Waals surface area contributed by atoms with Crippen LogP contribution in [0.3, 0.4) is 0 Å². The molecule has 0 radical (unpaired) electrons. The Balaban J connectivity index is 1.23. The Morgan fingerprint density at radius 2 is 1.63 bits per heavy atom. The average Bonchev–Trinajstić information content (AvgIpc) is 3.20. The van der Waals surface area contributed by atoms with Crippen LogP contribution < -0.4 is 0 Å². The first-order chi connectivity index (χ1) is 18.0. The van der Waals surface area contributed by atoms with Gasteiger partial charge in [-0.1, -0.05) is 49.6 Å². The van der Waals surface area contributed by atoms with Crippen molar-refractivity contribution in [3.63, 3.8) is 0 Å². The van der Waals surface area contributed by atoms with Crippen LogP contribution in [0.2, 0.25) is 0 Å². The topological polar surface area (TPSA) is 26.3 Å². The number of hydrogen-bond donors (Lipinski definition) is 0. The number of carbonyl (C=O) groups excluding carboxylic acids is 1. The zero-order valence-electron chi connectivity index (χ0n) is 25.4. The first kappa shape index (κ1) is 28.0. The molecular formula is C36H54O2. The first-order valence-corrected chi connectivity index (χ1v) is 15.9. The quantitative estimate of drug-likeness (QED) is 0.277. The number of hydrogen-bond acceptors (Lipinski definition) is 2. The Morgan fingerprint density at radius 3 is 2.34 bits per heavy atom. The van der Waals surface area contributed by atoms with Crippen molar-refractivity contribution in [2.45, 2.75) is 125 Å². The molecular weight excluding hydrogens is 464 g/mol. The fourth-order valence-corrected chi connectivity index (χ4v) is 10.4. The van der Waals surface area contributed by atoms with Gasteiger partial charge in [-0.3, -0.25) is 0 Å². The van der Waals surface area contributed by atoms with Gasteiger partial charge in [0.1, 0.15) is 6.10 Å². The van der Waals surface area contributed by atoms with E-state index in [-0.39, 0.29) is 12.1 Å². The lowest BCUT2D eigenvalue weighted by Gasteiger charge is -2.61. The molecule has 0 amide bonds. The van der Waals surface area contributed by atoms with E-state index in [1.807, 2.05) is 12.1 Å². The van der Waals surface area contributed by atoms with Gasteiger partial charge in [0.05, 0.1) is 5.56 Å². The van der Waals surface area contributed by atoms with Crippen LogP contribution in [-0.2, 0) is 4.74 Å². The van der Waals surface area contributed by atoms with E-state index < -0.39 is 0 Å². The maximum absolute atomic E-state index is 13.0. The van der Waals surface area contributed by atoms with Gasteiger partial charge in [-0.25, -0.2) is 4.79 Å². The number of ether oxygens (including phenoxy) is 1. The Bertz CT molecular complexity index is 1030. The zero-order valence-corrected chi connectivity index (χ0v) is 25.4. The van der Waals surface area contributed by atoms with E-state index in [2.05, 4.69) is 60.6 Å². The van der Waals surface area contributed by atoms with Crippen molar-refractivity contribution in [2.75, 3.05) is 0 Å². The molecule has 0 bridgehead atoms. The van der Waals surface area contributed by atoms with Gasteiger partial charge in [0.15, 0.2) is 0 Å². The van der Waals surface area contributed by atoms with E-state index in [0.717, 1.165) is 59.1 Å². The van der Waals surface area contributed by atoms with Gasteiger partial charge in [0.2, 0.25) is 0 Å². The Hall–Kier alpha value is -1.57. The molecule has 0 aromatic heterocycles. The third-order valence-corrected chi connectivity index (χ3v) is 12.3. The van der Waals surface area contributed by atoms with Crippen LogP contribution in [0.25, 0.3) is 0 Å². The molecule has 2 nitrogen and oxygen atoms in total. The van der Waals surface area contributed by atoms with E-state index in [1.165, 1.54) is 63.4 Å². The lowest BCUT2D eigenvalue weighted by Crippen LogP contribution is -2.54. The molecule has 2 heteroatoms. The van der Waals surface area contributed by atoms with Gasteiger partial charge in [-0.05, 0) is 157 Å². The highest BCUT2D eigenvalue weighted by molar-refractivity contribution is 5.90. The molecule has 0 saturated heterocycles. The summed E-state index contributed by atoms with van der Waals surface area (Å²) in [5, 5.41) is 0. The number of benzene rings is 1. The minimum absolute atomic E-state index is 0.0873. The Labute approximate surface area is 233 Å². The van der Waals surface area contributed by atoms with Gasteiger partial charge in [-0.2, -0.15) is 0 Å². The van der Waals surface area contributed by atoms with E-state index in [0.29, 0.717) is 16.7 Å². The average molecular weight is 519 g/mol. The van der Waals surface area contributed by atoms with E-state index in [1.54, 1.807) is 0 Å². The molecule has 4 fully saturated rings. The summed E-state index contributed by atoms with van der Waals surface area (Å²) in [7, 11) is 0. The second-order valence-electron chi connectivity index (χ2n) is 14.9. The Kier molecular flexibility index (Phi) is 7.93. The second kappa shape index (κ2) is 10.8. The summed E-state index contributed by atoms with van der Waals surface area (Å²) in [6.07, 6.45) is 17.0. The van der Waals surface area contributed by atoms with Crippen LogP contribution in [0.15, 0.2) is 29.8 Å². The maximum Gasteiger partial charge on any atom is 0.338 e. The van der Waals surface area contributed by atoms with Gasteiger partial charge in [-0.15, -0.1) is 0 Å². The molecule has 0 aliphatic heterocycles. The molecule has 0 N–H and O–H groups in total. The summed E-state index contributed by atoms with van der Waals surface area (Å²) in [5.74, 6) is 5.04. The molecule has 38 heavy (non-hydrogen) atoms. The fraction of sp³-hybridized carbons (Fsp3) is 0.750. The molecule has 4 aliphatic rings. The minimum Gasteiger partial charge on any atom is -0.459 e. The van der Waals surface area contributed by atoms with Crippen LogP contribution in [-0.4, -0.2) is 12.1 Å². The normalized spacial score (nSPS) is 38.9. The summed E-state index contributed by atoms with van der Waals surface area (Å²) in [5.41, 5.74) is 5.43. The summed E-state index contributed by atoms with van der Waals surface area (Å²) in [6, 6.07) is 6.07. The number of aryl methyl sites for hydroxylation is 2. The van der Waals surface area contributed by atoms with Crippen LogP contribution >= 0.6 is 0 Å². The first-order valence-electron chi connectivity index (χ1n) is 15.9. The van der Waals surface area contributed by atoms with Gasteiger partial charge < -0.3 is 4.74 Å². The van der Waals surface area contributed by atoms with Crippen LogP contribution in [0, 0.1) is 60.2 Å². The van der Waals surface area contributed by atoms with Crippen LogP contribution in [0.5, 0.6) is 0 Å². The molecule has 0 spiro atoms. The predicted molar refractivity (Wildman–Crippen MR) is 158 cm³/mol. The smallest absolute Gasteiger partial charge is 0.338 e. The number of esters is 1. The Morgan fingerprint density at radius 1 is 0.947 bits per heavy atom.